The Balaban J connectivity index is 2.73. The Morgan fingerprint density at radius 2 is 1.82 bits per heavy atom. The highest BCUT2D eigenvalue weighted by Crippen LogP contribution is 2.31. The third-order valence-corrected chi connectivity index (χ3v) is 4.34. The molecule has 1 unspecified atom stereocenters. The maximum atomic E-state index is 6.10. The van der Waals surface area contributed by atoms with Crippen molar-refractivity contribution in [3.8, 4) is 0 Å². The van der Waals surface area contributed by atoms with Crippen LogP contribution in [0.3, 0.4) is 0 Å². The molecule has 0 heterocycles. The van der Waals surface area contributed by atoms with Gasteiger partial charge in [0.25, 0.3) is 0 Å². The molecule has 0 aromatic heterocycles. The number of hydrogen-bond acceptors (Lipinski definition) is 2. The van der Waals surface area contributed by atoms with Crippen LogP contribution in [0.25, 0.3) is 0 Å². The summed E-state index contributed by atoms with van der Waals surface area (Å²) in [6.07, 6.45) is 8.21. The number of hydrogen-bond donors (Lipinski definition) is 1. The summed E-state index contributed by atoms with van der Waals surface area (Å²) < 4.78 is 0. The predicted octanol–water partition coefficient (Wildman–Crippen LogP) is 3.40. The van der Waals surface area contributed by atoms with Gasteiger partial charge < -0.3 is 5.73 Å². The molecule has 2 nitrogen and oxygen atoms in total. The first-order valence-electron chi connectivity index (χ1n) is 7.50. The monoisotopic (exact) mass is 240 g/mol. The predicted molar refractivity (Wildman–Crippen MR) is 76.2 cm³/mol. The Kier molecular flexibility index (Phi) is 5.94. The number of nitrogens with zero attached hydrogens (tertiary/aromatic N) is 1. The van der Waals surface area contributed by atoms with Crippen LogP contribution in [0, 0.1) is 5.92 Å². The SMILES string of the molecule is CCN(C1CCCCC1)C(C)(CN)CC(C)C. The van der Waals surface area contributed by atoms with Crippen LogP contribution >= 0.6 is 0 Å². The Hall–Kier alpha value is -0.0800. The molecule has 2 heteroatoms. The standard InChI is InChI=1S/C15H32N2/c1-5-17(14-9-7-6-8-10-14)15(4,12-16)11-13(2)3/h13-14H,5-12,16H2,1-4H3. The van der Waals surface area contributed by atoms with Crippen LogP contribution in [0.4, 0.5) is 0 Å². The fourth-order valence-corrected chi connectivity index (χ4v) is 3.67. The summed E-state index contributed by atoms with van der Waals surface area (Å²) in [6.45, 7) is 11.2. The molecule has 1 fully saturated rings. The first-order chi connectivity index (χ1) is 8.03. The lowest BCUT2D eigenvalue weighted by atomic mass is 9.84. The van der Waals surface area contributed by atoms with Crippen LogP contribution in [-0.2, 0) is 0 Å². The molecular weight excluding hydrogens is 208 g/mol. The fourth-order valence-electron chi connectivity index (χ4n) is 3.67. The van der Waals surface area contributed by atoms with Gasteiger partial charge >= 0.3 is 0 Å². The van der Waals surface area contributed by atoms with Crippen LogP contribution in [0.5, 0.6) is 0 Å². The minimum Gasteiger partial charge on any atom is -0.329 e. The first-order valence-corrected chi connectivity index (χ1v) is 7.50. The van der Waals surface area contributed by atoms with Gasteiger partial charge in [-0.25, -0.2) is 0 Å². The van der Waals surface area contributed by atoms with E-state index in [1.165, 1.54) is 38.5 Å². The van der Waals surface area contributed by atoms with E-state index in [9.17, 15) is 0 Å². The molecule has 1 saturated carbocycles. The van der Waals surface area contributed by atoms with Crippen LogP contribution in [0.1, 0.15) is 66.2 Å². The van der Waals surface area contributed by atoms with Crippen LogP contribution in [0.2, 0.25) is 0 Å². The lowest BCUT2D eigenvalue weighted by Crippen LogP contribution is -2.56. The summed E-state index contributed by atoms with van der Waals surface area (Å²) in [7, 11) is 0. The van der Waals surface area contributed by atoms with Crippen molar-refractivity contribution >= 4 is 0 Å². The Morgan fingerprint density at radius 3 is 2.24 bits per heavy atom. The molecule has 0 aliphatic heterocycles. The second kappa shape index (κ2) is 6.75. The maximum absolute atomic E-state index is 6.10. The van der Waals surface area contributed by atoms with E-state index in [4.69, 9.17) is 5.73 Å². The van der Waals surface area contributed by atoms with E-state index in [0.29, 0.717) is 0 Å². The second-order valence-corrected chi connectivity index (χ2v) is 6.38. The quantitative estimate of drug-likeness (QED) is 0.771. The molecule has 0 aromatic rings. The summed E-state index contributed by atoms with van der Waals surface area (Å²) >= 11 is 0. The second-order valence-electron chi connectivity index (χ2n) is 6.38. The average molecular weight is 240 g/mol. The summed E-state index contributed by atoms with van der Waals surface area (Å²) in [6, 6.07) is 0.779. The number of rotatable bonds is 6. The fraction of sp³-hybridized carbons (Fsp3) is 1.00. The van der Waals surface area contributed by atoms with Crippen molar-refractivity contribution in [3.63, 3.8) is 0 Å². The van der Waals surface area contributed by atoms with E-state index in [0.717, 1.165) is 25.0 Å². The Morgan fingerprint density at radius 1 is 1.24 bits per heavy atom. The third-order valence-electron chi connectivity index (χ3n) is 4.34. The van der Waals surface area contributed by atoms with Crippen molar-refractivity contribution in [1.82, 2.24) is 4.90 Å². The zero-order chi connectivity index (χ0) is 12.9. The van der Waals surface area contributed by atoms with E-state index in [1.54, 1.807) is 0 Å². The molecule has 2 N–H and O–H groups in total. The molecule has 0 spiro atoms. The van der Waals surface area contributed by atoms with Gasteiger partial charge in [0.1, 0.15) is 0 Å². The summed E-state index contributed by atoms with van der Waals surface area (Å²) in [5.41, 5.74) is 6.30. The van der Waals surface area contributed by atoms with Crippen molar-refractivity contribution in [1.29, 1.82) is 0 Å². The Bertz CT molecular complexity index is 209. The van der Waals surface area contributed by atoms with E-state index in [-0.39, 0.29) is 5.54 Å². The van der Waals surface area contributed by atoms with Gasteiger partial charge in [-0.1, -0.05) is 40.0 Å². The highest BCUT2D eigenvalue weighted by molar-refractivity contribution is 4.92. The minimum absolute atomic E-state index is 0.199. The van der Waals surface area contributed by atoms with Crippen molar-refractivity contribution in [2.75, 3.05) is 13.1 Å². The lowest BCUT2D eigenvalue weighted by Gasteiger charge is -2.47. The van der Waals surface area contributed by atoms with Crippen LogP contribution in [0.15, 0.2) is 0 Å². The van der Waals surface area contributed by atoms with E-state index in [2.05, 4.69) is 32.6 Å². The van der Waals surface area contributed by atoms with Gasteiger partial charge in [0, 0.05) is 18.1 Å². The zero-order valence-corrected chi connectivity index (χ0v) is 12.3. The lowest BCUT2D eigenvalue weighted by molar-refractivity contribution is 0.0331. The largest absolute Gasteiger partial charge is 0.329 e. The van der Waals surface area contributed by atoms with Crippen LogP contribution in [-0.4, -0.2) is 29.6 Å². The molecule has 1 aliphatic rings. The highest BCUT2D eigenvalue weighted by Gasteiger charge is 2.35. The molecule has 0 saturated heterocycles. The molecule has 17 heavy (non-hydrogen) atoms. The van der Waals surface area contributed by atoms with Gasteiger partial charge in [-0.15, -0.1) is 0 Å². The third kappa shape index (κ3) is 3.96. The molecule has 0 amide bonds. The maximum Gasteiger partial charge on any atom is 0.0308 e. The molecule has 1 aliphatic carbocycles. The first kappa shape index (κ1) is 15.0. The summed E-state index contributed by atoms with van der Waals surface area (Å²) in [5.74, 6) is 0.723. The Labute approximate surface area is 108 Å². The van der Waals surface area contributed by atoms with Gasteiger partial charge in [0.05, 0.1) is 0 Å². The zero-order valence-electron chi connectivity index (χ0n) is 12.3. The molecule has 0 bridgehead atoms. The molecule has 1 atom stereocenters. The minimum atomic E-state index is 0.199. The molecule has 0 aromatic carbocycles. The molecule has 0 radical (unpaired) electrons. The normalized spacial score (nSPS) is 22.1. The molecular formula is C15H32N2. The van der Waals surface area contributed by atoms with E-state index in [1.807, 2.05) is 0 Å². The van der Waals surface area contributed by atoms with Crippen molar-refractivity contribution in [2.45, 2.75) is 77.8 Å². The molecule has 102 valence electrons. The summed E-state index contributed by atoms with van der Waals surface area (Å²) in [4.78, 5) is 2.70. The topological polar surface area (TPSA) is 29.3 Å². The molecule has 1 rings (SSSR count). The van der Waals surface area contributed by atoms with Gasteiger partial charge in [0.15, 0.2) is 0 Å². The van der Waals surface area contributed by atoms with Gasteiger partial charge in [-0.3, -0.25) is 4.90 Å². The highest BCUT2D eigenvalue weighted by atomic mass is 15.2. The van der Waals surface area contributed by atoms with E-state index >= 15 is 0 Å². The van der Waals surface area contributed by atoms with Crippen LogP contribution < -0.4 is 5.73 Å². The van der Waals surface area contributed by atoms with Gasteiger partial charge in [-0.2, -0.15) is 0 Å². The van der Waals surface area contributed by atoms with Crippen molar-refractivity contribution < 1.29 is 0 Å². The van der Waals surface area contributed by atoms with Crippen molar-refractivity contribution in [3.05, 3.63) is 0 Å². The summed E-state index contributed by atoms with van der Waals surface area (Å²) in [5, 5.41) is 0. The smallest absolute Gasteiger partial charge is 0.0308 e. The number of nitrogens with two attached hydrogens (primary N) is 1. The van der Waals surface area contributed by atoms with Crippen molar-refractivity contribution in [2.24, 2.45) is 11.7 Å². The number of likely N-dealkylation sites (N-methyl/N-ethyl adjacent to an activating group) is 1. The van der Waals surface area contributed by atoms with Gasteiger partial charge in [0.2, 0.25) is 0 Å². The van der Waals surface area contributed by atoms with E-state index < -0.39 is 0 Å². The van der Waals surface area contributed by atoms with Gasteiger partial charge in [-0.05, 0) is 38.6 Å². The average Bonchev–Trinajstić information content (AvgIpc) is 2.30.